The lowest BCUT2D eigenvalue weighted by atomic mass is 10.1. The summed E-state index contributed by atoms with van der Waals surface area (Å²) in [6.45, 7) is 2.35. The molecular formula is C14H21NO3S. The van der Waals surface area contributed by atoms with Gasteiger partial charge in [-0.25, -0.2) is 0 Å². The third-order valence-electron chi connectivity index (χ3n) is 2.71. The summed E-state index contributed by atoms with van der Waals surface area (Å²) >= 11 is 1.33. The van der Waals surface area contributed by atoms with Crippen molar-refractivity contribution in [3.63, 3.8) is 0 Å². The van der Waals surface area contributed by atoms with E-state index in [-0.39, 0.29) is 12.5 Å². The quantitative estimate of drug-likeness (QED) is 0.785. The second-order valence-corrected chi connectivity index (χ2v) is 5.62. The number of thioether (sulfide) groups is 1. The molecule has 4 nitrogen and oxygen atoms in total. The first-order chi connectivity index (χ1) is 9.02. The molecule has 2 N–H and O–H groups in total. The third kappa shape index (κ3) is 6.09. The van der Waals surface area contributed by atoms with Gasteiger partial charge >= 0.3 is 0 Å². The normalized spacial score (nSPS) is 12.2. The summed E-state index contributed by atoms with van der Waals surface area (Å²) in [5, 5.41) is 17.8. The third-order valence-corrected chi connectivity index (χ3v) is 3.78. The van der Waals surface area contributed by atoms with Gasteiger partial charge in [-0.05, 0) is 12.5 Å². The second-order valence-electron chi connectivity index (χ2n) is 4.59. The fourth-order valence-electron chi connectivity index (χ4n) is 1.50. The highest BCUT2D eigenvalue weighted by molar-refractivity contribution is 7.99. The van der Waals surface area contributed by atoms with E-state index in [2.05, 4.69) is 0 Å². The number of hydrogen-bond donors (Lipinski definition) is 2. The van der Waals surface area contributed by atoms with Crippen molar-refractivity contribution in [2.24, 2.45) is 0 Å². The van der Waals surface area contributed by atoms with Crippen LogP contribution < -0.4 is 0 Å². The Morgan fingerprint density at radius 3 is 2.58 bits per heavy atom. The highest BCUT2D eigenvalue weighted by atomic mass is 32.2. The van der Waals surface area contributed by atoms with E-state index in [1.54, 1.807) is 11.9 Å². The molecule has 0 fully saturated rings. The van der Waals surface area contributed by atoms with Crippen molar-refractivity contribution in [1.29, 1.82) is 0 Å². The molecule has 1 aromatic carbocycles. The van der Waals surface area contributed by atoms with Crippen LogP contribution in [0.5, 0.6) is 0 Å². The lowest BCUT2D eigenvalue weighted by Gasteiger charge is -2.17. The van der Waals surface area contributed by atoms with Crippen LogP contribution in [0.3, 0.4) is 0 Å². The van der Waals surface area contributed by atoms with Crippen LogP contribution in [0.4, 0.5) is 0 Å². The maximum Gasteiger partial charge on any atom is 0.232 e. The van der Waals surface area contributed by atoms with Gasteiger partial charge in [-0.2, -0.15) is 0 Å². The Bertz CT molecular complexity index is 394. The van der Waals surface area contributed by atoms with Crippen molar-refractivity contribution in [2.45, 2.75) is 19.6 Å². The zero-order chi connectivity index (χ0) is 14.3. The van der Waals surface area contributed by atoms with Gasteiger partial charge in [0.25, 0.3) is 0 Å². The maximum atomic E-state index is 11.8. The number of carbonyl (C=O) groups is 1. The average molecular weight is 283 g/mol. The van der Waals surface area contributed by atoms with Crippen molar-refractivity contribution >= 4 is 17.7 Å². The molecule has 1 rings (SSSR count). The van der Waals surface area contributed by atoms with Crippen LogP contribution in [-0.4, -0.2) is 52.3 Å². The van der Waals surface area contributed by atoms with E-state index >= 15 is 0 Å². The Balaban J connectivity index is 2.34. The first kappa shape index (κ1) is 16.0. The molecule has 0 saturated heterocycles. The van der Waals surface area contributed by atoms with E-state index in [9.17, 15) is 9.90 Å². The summed E-state index contributed by atoms with van der Waals surface area (Å²) < 4.78 is 0. The van der Waals surface area contributed by atoms with Crippen LogP contribution in [0.15, 0.2) is 24.3 Å². The Morgan fingerprint density at radius 2 is 2.00 bits per heavy atom. The van der Waals surface area contributed by atoms with Crippen LogP contribution >= 0.6 is 11.8 Å². The van der Waals surface area contributed by atoms with Crippen LogP contribution in [0, 0.1) is 6.92 Å². The van der Waals surface area contributed by atoms with E-state index in [0.29, 0.717) is 18.1 Å². The van der Waals surface area contributed by atoms with Gasteiger partial charge in [0.2, 0.25) is 5.91 Å². The molecule has 0 heterocycles. The van der Waals surface area contributed by atoms with Gasteiger partial charge < -0.3 is 15.1 Å². The largest absolute Gasteiger partial charge is 0.394 e. The Morgan fingerprint density at radius 1 is 1.37 bits per heavy atom. The van der Waals surface area contributed by atoms with Crippen molar-refractivity contribution < 1.29 is 15.0 Å². The smallest absolute Gasteiger partial charge is 0.232 e. The Labute approximate surface area is 118 Å². The van der Waals surface area contributed by atoms with Gasteiger partial charge in [0.1, 0.15) is 0 Å². The summed E-state index contributed by atoms with van der Waals surface area (Å²) in [5.74, 6) is 0.718. The minimum Gasteiger partial charge on any atom is -0.394 e. The summed E-state index contributed by atoms with van der Waals surface area (Å²) in [6.07, 6.45) is -0.750. The fraction of sp³-hybridized carbons (Fsp3) is 0.500. The summed E-state index contributed by atoms with van der Waals surface area (Å²) in [4.78, 5) is 13.5. The summed E-state index contributed by atoms with van der Waals surface area (Å²) in [5.41, 5.74) is 2.30. The zero-order valence-electron chi connectivity index (χ0n) is 11.4. The van der Waals surface area contributed by atoms with Crippen molar-refractivity contribution in [3.05, 3.63) is 35.4 Å². The highest BCUT2D eigenvalue weighted by Crippen LogP contribution is 2.09. The van der Waals surface area contributed by atoms with E-state index in [0.717, 1.165) is 5.56 Å². The van der Waals surface area contributed by atoms with Gasteiger partial charge in [-0.3, -0.25) is 4.79 Å². The number of benzene rings is 1. The van der Waals surface area contributed by atoms with Gasteiger partial charge in [-0.15, -0.1) is 11.8 Å². The number of aliphatic hydroxyl groups excluding tert-OH is 2. The average Bonchev–Trinajstić information content (AvgIpc) is 2.40. The molecule has 1 unspecified atom stereocenters. The molecule has 0 aliphatic carbocycles. The zero-order valence-corrected chi connectivity index (χ0v) is 12.2. The Hall–Kier alpha value is -1.04. The second kappa shape index (κ2) is 8.19. The number of carbonyl (C=O) groups excluding carboxylic acids is 1. The number of rotatable bonds is 7. The fourth-order valence-corrected chi connectivity index (χ4v) is 2.39. The molecule has 0 aliphatic heterocycles. The van der Waals surface area contributed by atoms with Crippen LogP contribution in [-0.2, 0) is 11.3 Å². The van der Waals surface area contributed by atoms with Gasteiger partial charge in [0.05, 0.1) is 18.5 Å². The van der Waals surface area contributed by atoms with E-state index in [1.165, 1.54) is 17.3 Å². The number of amides is 1. The van der Waals surface area contributed by atoms with E-state index < -0.39 is 6.10 Å². The number of aryl methyl sites for hydroxylation is 1. The molecule has 0 spiro atoms. The minimum atomic E-state index is -0.750. The van der Waals surface area contributed by atoms with Crippen molar-refractivity contribution in [3.8, 4) is 0 Å². The first-order valence-corrected chi connectivity index (χ1v) is 7.34. The predicted octanol–water partition coefficient (Wildman–Crippen LogP) is 1.04. The van der Waals surface area contributed by atoms with Gasteiger partial charge in [0, 0.05) is 19.3 Å². The number of nitrogens with zero attached hydrogens (tertiary/aromatic N) is 1. The molecular weight excluding hydrogens is 262 g/mol. The minimum absolute atomic E-state index is 0.0238. The molecule has 1 amide bonds. The molecule has 106 valence electrons. The molecule has 5 heteroatoms. The summed E-state index contributed by atoms with van der Waals surface area (Å²) in [7, 11) is 1.77. The highest BCUT2D eigenvalue weighted by Gasteiger charge is 2.10. The molecule has 1 aromatic rings. The Kier molecular flexibility index (Phi) is 6.91. The predicted molar refractivity (Wildman–Crippen MR) is 78.1 cm³/mol. The maximum absolute atomic E-state index is 11.8. The molecule has 1 atom stereocenters. The molecule has 0 aliphatic rings. The molecule has 0 saturated carbocycles. The number of hydrogen-bond acceptors (Lipinski definition) is 4. The molecule has 0 radical (unpaired) electrons. The first-order valence-electron chi connectivity index (χ1n) is 6.19. The standard InChI is InChI=1S/C14H21NO3S/c1-11-3-5-12(6-4-11)7-15(2)14(18)10-19-9-13(17)8-16/h3-6,13,16-17H,7-10H2,1-2H3. The molecule has 0 bridgehead atoms. The van der Waals surface area contributed by atoms with Crippen LogP contribution in [0.25, 0.3) is 0 Å². The lowest BCUT2D eigenvalue weighted by molar-refractivity contribution is -0.127. The van der Waals surface area contributed by atoms with Crippen LogP contribution in [0.1, 0.15) is 11.1 Å². The summed E-state index contributed by atoms with van der Waals surface area (Å²) in [6, 6.07) is 8.09. The van der Waals surface area contributed by atoms with Gasteiger partial charge in [-0.1, -0.05) is 29.8 Å². The molecule has 0 aromatic heterocycles. The van der Waals surface area contributed by atoms with Gasteiger partial charge in [0.15, 0.2) is 0 Å². The SMILES string of the molecule is Cc1ccc(CN(C)C(=O)CSCC(O)CO)cc1. The topological polar surface area (TPSA) is 60.8 Å². The monoisotopic (exact) mass is 283 g/mol. The van der Waals surface area contributed by atoms with E-state index in [4.69, 9.17) is 5.11 Å². The number of aliphatic hydroxyl groups is 2. The van der Waals surface area contributed by atoms with Crippen molar-refractivity contribution in [2.75, 3.05) is 25.2 Å². The van der Waals surface area contributed by atoms with Crippen molar-refractivity contribution in [1.82, 2.24) is 4.90 Å². The molecule has 19 heavy (non-hydrogen) atoms. The van der Waals surface area contributed by atoms with E-state index in [1.807, 2.05) is 31.2 Å². The lowest BCUT2D eigenvalue weighted by Crippen LogP contribution is -2.28. The van der Waals surface area contributed by atoms with Crippen LogP contribution in [0.2, 0.25) is 0 Å².